The molecule has 0 aliphatic heterocycles. The summed E-state index contributed by atoms with van der Waals surface area (Å²) in [6, 6.07) is 13.9. The van der Waals surface area contributed by atoms with Crippen LogP contribution in [0.25, 0.3) is 5.69 Å². The van der Waals surface area contributed by atoms with Gasteiger partial charge in [-0.25, -0.2) is 13.1 Å². The summed E-state index contributed by atoms with van der Waals surface area (Å²) in [5.74, 6) is 0. The fourth-order valence-electron chi connectivity index (χ4n) is 2.57. The fourth-order valence-corrected chi connectivity index (χ4v) is 3.62. The van der Waals surface area contributed by atoms with Gasteiger partial charge in [0.1, 0.15) is 0 Å². The van der Waals surface area contributed by atoms with Gasteiger partial charge in [-0.15, -0.1) is 0 Å². The fraction of sp³-hybridized carbons (Fsp3) is 0.167. The minimum Gasteiger partial charge on any atom is -0.377 e. The normalized spacial score (nSPS) is 11.3. The van der Waals surface area contributed by atoms with Crippen LogP contribution in [0.4, 0.5) is 11.4 Å². The minimum atomic E-state index is -3.65. The predicted octanol–water partition coefficient (Wildman–Crippen LogP) is 3.05. The molecule has 0 aliphatic rings. The first-order valence-corrected chi connectivity index (χ1v) is 9.26. The van der Waals surface area contributed by atoms with Crippen molar-refractivity contribution in [3.63, 3.8) is 0 Å². The van der Waals surface area contributed by atoms with Gasteiger partial charge in [0.25, 0.3) is 10.0 Å². The average Bonchev–Trinajstić information content (AvgIpc) is 3.11. The van der Waals surface area contributed by atoms with E-state index in [2.05, 4.69) is 9.82 Å². The summed E-state index contributed by atoms with van der Waals surface area (Å²) in [6.45, 7) is 1.99. The number of hydrogen-bond acceptors (Lipinski definition) is 4. The Labute approximate surface area is 147 Å². The third kappa shape index (κ3) is 3.66. The zero-order valence-corrected chi connectivity index (χ0v) is 15.2. The van der Waals surface area contributed by atoms with Crippen molar-refractivity contribution in [2.75, 3.05) is 23.7 Å². The molecule has 3 rings (SSSR count). The van der Waals surface area contributed by atoms with E-state index in [0.29, 0.717) is 5.69 Å². The number of benzene rings is 2. The monoisotopic (exact) mass is 356 g/mol. The molecule has 25 heavy (non-hydrogen) atoms. The molecule has 0 spiro atoms. The first kappa shape index (κ1) is 17.0. The maximum Gasteiger partial charge on any atom is 0.261 e. The Balaban J connectivity index is 1.86. The van der Waals surface area contributed by atoms with Gasteiger partial charge in [0.2, 0.25) is 0 Å². The van der Waals surface area contributed by atoms with E-state index >= 15 is 0 Å². The van der Waals surface area contributed by atoms with E-state index in [1.165, 1.54) is 0 Å². The lowest BCUT2D eigenvalue weighted by Crippen LogP contribution is -2.15. The Morgan fingerprint density at radius 2 is 1.80 bits per heavy atom. The molecule has 3 aromatic rings. The highest BCUT2D eigenvalue weighted by Crippen LogP contribution is 2.24. The van der Waals surface area contributed by atoms with Crippen molar-refractivity contribution >= 4 is 21.4 Å². The van der Waals surface area contributed by atoms with Crippen LogP contribution in [0.5, 0.6) is 0 Å². The van der Waals surface area contributed by atoms with Crippen molar-refractivity contribution < 1.29 is 8.42 Å². The van der Waals surface area contributed by atoms with E-state index in [-0.39, 0.29) is 4.90 Å². The van der Waals surface area contributed by atoms with Gasteiger partial charge >= 0.3 is 0 Å². The van der Waals surface area contributed by atoms with E-state index in [4.69, 9.17) is 0 Å². The second kappa shape index (κ2) is 6.60. The van der Waals surface area contributed by atoms with E-state index < -0.39 is 10.0 Å². The smallest absolute Gasteiger partial charge is 0.261 e. The molecule has 6 nitrogen and oxygen atoms in total. The van der Waals surface area contributed by atoms with Crippen molar-refractivity contribution in [1.29, 1.82) is 0 Å². The summed E-state index contributed by atoms with van der Waals surface area (Å²) in [4.78, 5) is 2.15. The summed E-state index contributed by atoms with van der Waals surface area (Å²) in [7, 11) is 0.198. The Morgan fingerprint density at radius 3 is 2.40 bits per heavy atom. The van der Waals surface area contributed by atoms with Crippen LogP contribution in [0.3, 0.4) is 0 Å². The van der Waals surface area contributed by atoms with Gasteiger partial charge in [0.15, 0.2) is 0 Å². The zero-order valence-electron chi connectivity index (χ0n) is 14.3. The molecule has 0 bridgehead atoms. The van der Waals surface area contributed by atoms with Crippen LogP contribution < -0.4 is 9.62 Å². The Hall–Kier alpha value is -2.80. The van der Waals surface area contributed by atoms with Crippen molar-refractivity contribution in [1.82, 2.24) is 9.78 Å². The second-order valence-electron chi connectivity index (χ2n) is 5.95. The average molecular weight is 356 g/mol. The molecule has 1 aromatic heterocycles. The van der Waals surface area contributed by atoms with Crippen LogP contribution >= 0.6 is 0 Å². The molecule has 0 saturated carbocycles. The lowest BCUT2D eigenvalue weighted by atomic mass is 10.2. The molecule has 130 valence electrons. The summed E-state index contributed by atoms with van der Waals surface area (Å²) >= 11 is 0. The number of hydrogen-bond donors (Lipinski definition) is 1. The predicted molar refractivity (Wildman–Crippen MR) is 99.9 cm³/mol. The molecule has 0 radical (unpaired) electrons. The van der Waals surface area contributed by atoms with Crippen molar-refractivity contribution in [2.24, 2.45) is 0 Å². The molecule has 0 unspecified atom stereocenters. The van der Waals surface area contributed by atoms with E-state index in [1.54, 1.807) is 47.4 Å². The number of sulfonamides is 1. The second-order valence-corrected chi connectivity index (χ2v) is 7.63. The molecular formula is C18H20N4O2S. The number of rotatable bonds is 5. The molecular weight excluding hydrogens is 336 g/mol. The van der Waals surface area contributed by atoms with Gasteiger partial charge in [-0.3, -0.25) is 4.72 Å². The molecule has 0 atom stereocenters. The lowest BCUT2D eigenvalue weighted by Gasteiger charge is -2.17. The number of nitrogens with zero attached hydrogens (tertiary/aromatic N) is 3. The molecule has 2 aromatic carbocycles. The first-order valence-electron chi connectivity index (χ1n) is 7.78. The van der Waals surface area contributed by atoms with Gasteiger partial charge in [-0.2, -0.15) is 5.10 Å². The zero-order chi connectivity index (χ0) is 18.0. The van der Waals surface area contributed by atoms with Gasteiger partial charge in [-0.1, -0.05) is 6.07 Å². The molecule has 0 amide bonds. The SMILES string of the molecule is Cc1ccc(NS(=O)(=O)c2ccc(-n3cccn3)cc2)cc1N(C)C. The highest BCUT2D eigenvalue weighted by atomic mass is 32.2. The quantitative estimate of drug-likeness (QED) is 0.763. The van der Waals surface area contributed by atoms with E-state index in [1.807, 2.05) is 44.1 Å². The maximum atomic E-state index is 12.6. The van der Waals surface area contributed by atoms with E-state index in [9.17, 15) is 8.42 Å². The van der Waals surface area contributed by atoms with E-state index in [0.717, 1.165) is 16.9 Å². The van der Waals surface area contributed by atoms with Crippen LogP contribution in [0, 0.1) is 6.92 Å². The minimum absolute atomic E-state index is 0.204. The van der Waals surface area contributed by atoms with Crippen molar-refractivity contribution in [3.05, 3.63) is 66.5 Å². The van der Waals surface area contributed by atoms with Crippen LogP contribution in [0.1, 0.15) is 5.56 Å². The van der Waals surface area contributed by atoms with Crippen LogP contribution in [0.2, 0.25) is 0 Å². The molecule has 0 saturated heterocycles. The van der Waals surface area contributed by atoms with Gasteiger partial charge in [0, 0.05) is 32.2 Å². The van der Waals surface area contributed by atoms with Crippen LogP contribution in [0.15, 0.2) is 65.8 Å². The number of nitrogens with one attached hydrogen (secondary N) is 1. The standard InChI is InChI=1S/C18H20N4O2S/c1-14-5-6-15(13-18(14)21(2)3)20-25(23,24)17-9-7-16(8-10-17)22-12-4-11-19-22/h4-13,20H,1-3H3. The van der Waals surface area contributed by atoms with Gasteiger partial charge < -0.3 is 4.90 Å². The highest BCUT2D eigenvalue weighted by Gasteiger charge is 2.15. The highest BCUT2D eigenvalue weighted by molar-refractivity contribution is 7.92. The Bertz CT molecular complexity index is 963. The Morgan fingerprint density at radius 1 is 1.08 bits per heavy atom. The first-order chi connectivity index (χ1) is 11.9. The summed E-state index contributed by atoms with van der Waals surface area (Å²) in [5, 5.41) is 4.13. The lowest BCUT2D eigenvalue weighted by molar-refractivity contribution is 0.601. The number of aryl methyl sites for hydroxylation is 1. The summed E-state index contributed by atoms with van der Waals surface area (Å²) < 4.78 is 29.5. The van der Waals surface area contributed by atoms with Crippen molar-refractivity contribution in [2.45, 2.75) is 11.8 Å². The number of aromatic nitrogens is 2. The molecule has 0 aliphatic carbocycles. The molecule has 1 heterocycles. The molecule has 1 N–H and O–H groups in total. The largest absolute Gasteiger partial charge is 0.377 e. The molecule has 0 fully saturated rings. The third-order valence-corrected chi connectivity index (χ3v) is 5.26. The topological polar surface area (TPSA) is 67.2 Å². The van der Waals surface area contributed by atoms with Gasteiger partial charge in [-0.05, 0) is 55.0 Å². The summed E-state index contributed by atoms with van der Waals surface area (Å²) in [5.41, 5.74) is 3.38. The third-order valence-electron chi connectivity index (χ3n) is 3.86. The van der Waals surface area contributed by atoms with Gasteiger partial charge in [0.05, 0.1) is 16.3 Å². The van der Waals surface area contributed by atoms with Crippen LogP contribution in [-0.4, -0.2) is 32.3 Å². The van der Waals surface area contributed by atoms with Crippen LogP contribution in [-0.2, 0) is 10.0 Å². The Kier molecular flexibility index (Phi) is 4.50. The van der Waals surface area contributed by atoms with Crippen molar-refractivity contribution in [3.8, 4) is 5.69 Å². The molecule has 7 heteroatoms. The summed E-state index contributed by atoms with van der Waals surface area (Å²) in [6.07, 6.45) is 3.47. The number of anilines is 2. The maximum absolute atomic E-state index is 12.6.